The van der Waals surface area contributed by atoms with Crippen molar-refractivity contribution in [2.75, 3.05) is 0 Å². The van der Waals surface area contributed by atoms with E-state index in [4.69, 9.17) is 22.1 Å². The van der Waals surface area contributed by atoms with E-state index in [1.807, 2.05) is 32.0 Å². The molecule has 0 atom stereocenters. The smallest absolute Gasteiger partial charge is 0.252 e. The number of ether oxygens (including phenoxy) is 1. The second-order valence-corrected chi connectivity index (χ2v) is 6.05. The van der Waals surface area contributed by atoms with Crippen LogP contribution in [-0.2, 0) is 0 Å². The number of hydrogen-bond donors (Lipinski definition) is 2. The molecule has 7 nitrogen and oxygen atoms in total. The summed E-state index contributed by atoms with van der Waals surface area (Å²) < 4.78 is 5.77. The van der Waals surface area contributed by atoms with Crippen LogP contribution in [0.2, 0.25) is 5.02 Å². The molecular weight excluding hydrogens is 342 g/mol. The number of amides is 1. The van der Waals surface area contributed by atoms with Gasteiger partial charge in [0.2, 0.25) is 5.82 Å². The fraction of sp³-hybridized carbons (Fsp3) is 0.176. The zero-order valence-corrected chi connectivity index (χ0v) is 14.4. The Balaban J connectivity index is 2.30. The maximum atomic E-state index is 11.9. The predicted molar refractivity (Wildman–Crippen MR) is 94.3 cm³/mol. The highest BCUT2D eigenvalue weighted by Gasteiger charge is 2.21. The lowest BCUT2D eigenvalue weighted by Gasteiger charge is -2.17. The fourth-order valence-corrected chi connectivity index (χ4v) is 2.72. The van der Waals surface area contributed by atoms with Gasteiger partial charge in [-0.1, -0.05) is 29.8 Å². The molecule has 0 radical (unpaired) electrons. The largest absolute Gasteiger partial charge is 0.490 e. The van der Waals surface area contributed by atoms with Gasteiger partial charge >= 0.3 is 0 Å². The number of nitrogens with zero attached hydrogens (tertiary/aromatic N) is 3. The van der Waals surface area contributed by atoms with Crippen molar-refractivity contribution in [3.05, 3.63) is 47.0 Å². The van der Waals surface area contributed by atoms with Crippen molar-refractivity contribution >= 4 is 17.5 Å². The third-order valence-electron chi connectivity index (χ3n) is 3.50. The molecule has 8 heteroatoms. The van der Waals surface area contributed by atoms with Gasteiger partial charge in [0.05, 0.1) is 11.7 Å². The monoisotopic (exact) mass is 357 g/mol. The summed E-state index contributed by atoms with van der Waals surface area (Å²) in [6, 6.07) is 10.7. The maximum absolute atomic E-state index is 11.9. The standard InChI is InChI=1S/C17H16ClN5O2/c1-9(2)25-15-8-11(10-5-3-4-6-14(10)18)12(7-13(15)16(19)24)17-20-22-23-21-17/h3-9H,1-2H3,(H2,19,24)(H,20,21,22,23). The lowest BCUT2D eigenvalue weighted by atomic mass is 9.95. The van der Waals surface area contributed by atoms with Gasteiger partial charge in [-0.3, -0.25) is 4.79 Å². The zero-order chi connectivity index (χ0) is 18.0. The Morgan fingerprint density at radius 3 is 2.56 bits per heavy atom. The molecule has 3 N–H and O–H groups in total. The van der Waals surface area contributed by atoms with Gasteiger partial charge in [-0.2, -0.15) is 5.21 Å². The van der Waals surface area contributed by atoms with E-state index in [2.05, 4.69) is 20.6 Å². The molecule has 0 unspecified atom stereocenters. The minimum absolute atomic E-state index is 0.131. The number of hydrogen-bond acceptors (Lipinski definition) is 5. The van der Waals surface area contributed by atoms with E-state index in [1.54, 1.807) is 18.2 Å². The first kappa shape index (κ1) is 16.9. The number of aromatic amines is 1. The lowest BCUT2D eigenvalue weighted by Crippen LogP contribution is -2.16. The van der Waals surface area contributed by atoms with E-state index in [1.165, 1.54) is 0 Å². The second-order valence-electron chi connectivity index (χ2n) is 5.64. The van der Waals surface area contributed by atoms with Crippen LogP contribution in [0.3, 0.4) is 0 Å². The summed E-state index contributed by atoms with van der Waals surface area (Å²) in [7, 11) is 0. The van der Waals surface area contributed by atoms with Crippen LogP contribution < -0.4 is 10.5 Å². The Morgan fingerprint density at radius 2 is 1.96 bits per heavy atom. The number of nitrogens with one attached hydrogen (secondary N) is 1. The maximum Gasteiger partial charge on any atom is 0.252 e. The van der Waals surface area contributed by atoms with Crippen molar-refractivity contribution in [3.63, 3.8) is 0 Å². The first-order chi connectivity index (χ1) is 12.0. The number of aromatic nitrogens is 4. The highest BCUT2D eigenvalue weighted by molar-refractivity contribution is 6.33. The van der Waals surface area contributed by atoms with Crippen LogP contribution in [0.5, 0.6) is 5.75 Å². The fourth-order valence-electron chi connectivity index (χ4n) is 2.49. The number of H-pyrrole nitrogens is 1. The van der Waals surface area contributed by atoms with Gasteiger partial charge in [0.1, 0.15) is 5.75 Å². The highest BCUT2D eigenvalue weighted by Crippen LogP contribution is 2.39. The molecule has 128 valence electrons. The summed E-state index contributed by atoms with van der Waals surface area (Å²) in [4.78, 5) is 11.9. The van der Waals surface area contributed by atoms with Gasteiger partial charge in [0.15, 0.2) is 0 Å². The van der Waals surface area contributed by atoms with Gasteiger partial charge in [-0.05, 0) is 42.8 Å². The Hall–Kier alpha value is -2.93. The van der Waals surface area contributed by atoms with Gasteiger partial charge < -0.3 is 10.5 Å². The van der Waals surface area contributed by atoms with Crippen molar-refractivity contribution in [3.8, 4) is 28.3 Å². The van der Waals surface area contributed by atoms with E-state index in [0.29, 0.717) is 27.7 Å². The molecule has 0 spiro atoms. The number of tetrazole rings is 1. The first-order valence-corrected chi connectivity index (χ1v) is 7.98. The number of carbonyl (C=O) groups is 1. The van der Waals surface area contributed by atoms with Gasteiger partial charge in [-0.25, -0.2) is 0 Å². The summed E-state index contributed by atoms with van der Waals surface area (Å²) in [6.45, 7) is 3.74. The Morgan fingerprint density at radius 1 is 1.20 bits per heavy atom. The number of benzene rings is 2. The van der Waals surface area contributed by atoms with Gasteiger partial charge in [0.25, 0.3) is 5.91 Å². The summed E-state index contributed by atoms with van der Waals surface area (Å²) >= 11 is 6.36. The summed E-state index contributed by atoms with van der Waals surface area (Å²) in [5, 5.41) is 14.6. The third kappa shape index (κ3) is 3.46. The number of carbonyl (C=O) groups excluding carboxylic acids is 1. The second kappa shape index (κ2) is 6.90. The molecule has 0 aliphatic rings. The van der Waals surface area contributed by atoms with E-state index >= 15 is 0 Å². The highest BCUT2D eigenvalue weighted by atomic mass is 35.5. The molecule has 3 rings (SSSR count). The molecule has 3 aromatic rings. The van der Waals surface area contributed by atoms with Crippen LogP contribution in [0, 0.1) is 0 Å². The van der Waals surface area contributed by atoms with E-state index in [9.17, 15) is 4.79 Å². The van der Waals surface area contributed by atoms with Gasteiger partial charge in [0, 0.05) is 16.1 Å². The average molecular weight is 358 g/mol. The molecule has 25 heavy (non-hydrogen) atoms. The normalized spacial score (nSPS) is 10.9. The van der Waals surface area contributed by atoms with E-state index in [0.717, 1.165) is 5.56 Å². The summed E-state index contributed by atoms with van der Waals surface area (Å²) in [5.41, 5.74) is 7.81. The summed E-state index contributed by atoms with van der Waals surface area (Å²) in [6.07, 6.45) is -0.131. The quantitative estimate of drug-likeness (QED) is 0.729. The molecule has 1 aromatic heterocycles. The molecule has 1 heterocycles. The first-order valence-electron chi connectivity index (χ1n) is 7.60. The van der Waals surface area contributed by atoms with Gasteiger partial charge in [-0.15, -0.1) is 10.2 Å². The van der Waals surface area contributed by atoms with Crippen molar-refractivity contribution < 1.29 is 9.53 Å². The molecular formula is C17H16ClN5O2. The van der Waals surface area contributed by atoms with E-state index in [-0.39, 0.29) is 11.7 Å². The molecule has 0 bridgehead atoms. The minimum Gasteiger partial charge on any atom is -0.490 e. The topological polar surface area (TPSA) is 107 Å². The average Bonchev–Trinajstić information content (AvgIpc) is 3.08. The summed E-state index contributed by atoms with van der Waals surface area (Å²) in [5.74, 6) is 0.101. The lowest BCUT2D eigenvalue weighted by molar-refractivity contribution is 0.0994. The molecule has 2 aromatic carbocycles. The molecule has 1 amide bonds. The minimum atomic E-state index is -0.605. The van der Waals surface area contributed by atoms with Crippen LogP contribution in [0.15, 0.2) is 36.4 Å². The molecule has 0 aliphatic heterocycles. The Labute approximate surface area is 149 Å². The number of rotatable bonds is 5. The van der Waals surface area contributed by atoms with Crippen molar-refractivity contribution in [2.24, 2.45) is 5.73 Å². The van der Waals surface area contributed by atoms with Crippen molar-refractivity contribution in [1.29, 1.82) is 0 Å². The molecule has 0 saturated carbocycles. The Kier molecular flexibility index (Phi) is 4.67. The zero-order valence-electron chi connectivity index (χ0n) is 13.7. The predicted octanol–water partition coefficient (Wildman–Crippen LogP) is 3.07. The van der Waals surface area contributed by atoms with Crippen molar-refractivity contribution in [1.82, 2.24) is 20.6 Å². The van der Waals surface area contributed by atoms with Crippen LogP contribution >= 0.6 is 11.6 Å². The number of primary amides is 1. The molecule has 0 saturated heterocycles. The SMILES string of the molecule is CC(C)Oc1cc(-c2ccccc2Cl)c(-c2nn[nH]n2)cc1C(N)=O. The Bertz CT molecular complexity index is 909. The number of nitrogens with two attached hydrogens (primary N) is 1. The number of halogens is 1. The van der Waals surface area contributed by atoms with Crippen LogP contribution in [-0.4, -0.2) is 32.6 Å². The van der Waals surface area contributed by atoms with Crippen LogP contribution in [0.4, 0.5) is 0 Å². The third-order valence-corrected chi connectivity index (χ3v) is 3.83. The van der Waals surface area contributed by atoms with Crippen LogP contribution in [0.1, 0.15) is 24.2 Å². The van der Waals surface area contributed by atoms with Crippen LogP contribution in [0.25, 0.3) is 22.5 Å². The van der Waals surface area contributed by atoms with Crippen molar-refractivity contribution in [2.45, 2.75) is 20.0 Å². The molecule has 0 aliphatic carbocycles. The molecule has 0 fully saturated rings. The van der Waals surface area contributed by atoms with E-state index < -0.39 is 5.91 Å².